The van der Waals surface area contributed by atoms with Gasteiger partial charge in [0.05, 0.1) is 5.92 Å². The molecule has 1 atom stereocenters. The molecule has 1 aliphatic heterocycles. The molecule has 0 aliphatic carbocycles. The first-order valence-electron chi connectivity index (χ1n) is 7.59. The Morgan fingerprint density at radius 1 is 1.35 bits per heavy atom. The molecule has 1 aromatic rings. The van der Waals surface area contributed by atoms with E-state index in [4.69, 9.17) is 0 Å². The van der Waals surface area contributed by atoms with Crippen molar-refractivity contribution in [3.8, 4) is 5.75 Å². The van der Waals surface area contributed by atoms with E-state index < -0.39 is 12.3 Å². The number of alkyl halides is 3. The van der Waals surface area contributed by atoms with E-state index in [0.29, 0.717) is 5.56 Å². The summed E-state index contributed by atoms with van der Waals surface area (Å²) in [6.45, 7) is 3.53. The van der Waals surface area contributed by atoms with Crippen LogP contribution in [-0.4, -0.2) is 43.3 Å². The summed E-state index contributed by atoms with van der Waals surface area (Å²) in [5.41, 5.74) is 0.497. The highest BCUT2D eigenvalue weighted by molar-refractivity contribution is 5.83. The van der Waals surface area contributed by atoms with E-state index in [1.54, 1.807) is 13.0 Å². The standard InChI is InChI=1S/C16H21F3N2O2/c1-11(15(22)20-13-6-8-21(2)9-7-13)12-4-3-5-14(10-12)23-16(17,18)19/h3-5,10-11,13H,6-9H2,1-2H3,(H,20,22). The van der Waals surface area contributed by atoms with Crippen molar-refractivity contribution in [2.24, 2.45) is 0 Å². The number of likely N-dealkylation sites (tertiary alicyclic amines) is 1. The first-order chi connectivity index (χ1) is 10.7. The van der Waals surface area contributed by atoms with Crippen LogP contribution < -0.4 is 10.1 Å². The minimum atomic E-state index is -4.74. The van der Waals surface area contributed by atoms with Gasteiger partial charge >= 0.3 is 6.36 Å². The lowest BCUT2D eigenvalue weighted by Gasteiger charge is -2.30. The van der Waals surface area contributed by atoms with E-state index >= 15 is 0 Å². The van der Waals surface area contributed by atoms with Crippen molar-refractivity contribution in [2.45, 2.75) is 38.1 Å². The molecule has 0 aromatic heterocycles. The monoisotopic (exact) mass is 330 g/mol. The van der Waals surface area contributed by atoms with Crippen LogP contribution in [0.2, 0.25) is 0 Å². The van der Waals surface area contributed by atoms with E-state index in [1.807, 2.05) is 7.05 Å². The number of hydrogen-bond donors (Lipinski definition) is 1. The molecule has 128 valence electrons. The van der Waals surface area contributed by atoms with Crippen LogP contribution in [-0.2, 0) is 4.79 Å². The van der Waals surface area contributed by atoms with E-state index in [2.05, 4.69) is 15.0 Å². The Morgan fingerprint density at radius 3 is 2.61 bits per heavy atom. The van der Waals surface area contributed by atoms with Gasteiger partial charge in [-0.25, -0.2) is 0 Å². The third-order valence-corrected chi connectivity index (χ3v) is 4.05. The Hall–Kier alpha value is -1.76. The van der Waals surface area contributed by atoms with Crippen molar-refractivity contribution in [3.63, 3.8) is 0 Å². The normalized spacial score (nSPS) is 18.5. The zero-order chi connectivity index (χ0) is 17.0. The van der Waals surface area contributed by atoms with Gasteiger partial charge in [0, 0.05) is 6.04 Å². The maximum absolute atomic E-state index is 12.3. The summed E-state index contributed by atoms with van der Waals surface area (Å²) in [4.78, 5) is 14.5. The number of hydrogen-bond acceptors (Lipinski definition) is 3. The molecule has 0 bridgehead atoms. The van der Waals surface area contributed by atoms with Crippen LogP contribution in [0.3, 0.4) is 0 Å². The molecule has 1 aliphatic rings. The van der Waals surface area contributed by atoms with Crippen LogP contribution in [0.1, 0.15) is 31.2 Å². The van der Waals surface area contributed by atoms with Crippen LogP contribution in [0.4, 0.5) is 13.2 Å². The van der Waals surface area contributed by atoms with Crippen LogP contribution in [0.5, 0.6) is 5.75 Å². The van der Waals surface area contributed by atoms with Gasteiger partial charge in [0.2, 0.25) is 5.91 Å². The van der Waals surface area contributed by atoms with E-state index in [9.17, 15) is 18.0 Å². The second-order valence-electron chi connectivity index (χ2n) is 5.93. The highest BCUT2D eigenvalue weighted by Crippen LogP contribution is 2.26. The van der Waals surface area contributed by atoms with Crippen molar-refractivity contribution in [1.82, 2.24) is 10.2 Å². The molecular formula is C16H21F3N2O2. The van der Waals surface area contributed by atoms with Gasteiger partial charge < -0.3 is 15.0 Å². The van der Waals surface area contributed by atoms with Gasteiger partial charge in [0.15, 0.2) is 0 Å². The number of halogens is 3. The van der Waals surface area contributed by atoms with Crippen LogP contribution >= 0.6 is 0 Å². The zero-order valence-corrected chi connectivity index (χ0v) is 13.2. The molecule has 1 heterocycles. The number of carbonyl (C=O) groups is 1. The molecular weight excluding hydrogens is 309 g/mol. The van der Waals surface area contributed by atoms with Gasteiger partial charge in [0.25, 0.3) is 0 Å². The van der Waals surface area contributed by atoms with Gasteiger partial charge in [-0.05, 0) is 57.6 Å². The number of rotatable bonds is 4. The smallest absolute Gasteiger partial charge is 0.406 e. The minimum Gasteiger partial charge on any atom is -0.406 e. The third-order valence-electron chi connectivity index (χ3n) is 4.05. The van der Waals surface area contributed by atoms with Gasteiger partial charge in [-0.15, -0.1) is 13.2 Å². The van der Waals surface area contributed by atoms with Crippen LogP contribution in [0.15, 0.2) is 24.3 Å². The zero-order valence-electron chi connectivity index (χ0n) is 13.2. The molecule has 1 aromatic carbocycles. The van der Waals surface area contributed by atoms with Gasteiger partial charge in [-0.3, -0.25) is 4.79 Å². The summed E-state index contributed by atoms with van der Waals surface area (Å²) < 4.78 is 40.7. The number of nitrogens with zero attached hydrogens (tertiary/aromatic N) is 1. The number of benzene rings is 1. The quantitative estimate of drug-likeness (QED) is 0.923. The molecule has 0 spiro atoms. The Morgan fingerprint density at radius 2 is 2.00 bits per heavy atom. The highest BCUT2D eigenvalue weighted by atomic mass is 19.4. The first kappa shape index (κ1) is 17.6. The molecule has 23 heavy (non-hydrogen) atoms. The number of carbonyl (C=O) groups excluding carboxylic acids is 1. The van der Waals surface area contributed by atoms with E-state index in [-0.39, 0.29) is 17.7 Å². The largest absolute Gasteiger partial charge is 0.573 e. The molecule has 4 nitrogen and oxygen atoms in total. The van der Waals surface area contributed by atoms with Gasteiger partial charge in [-0.2, -0.15) is 0 Å². The Bertz CT molecular complexity index is 540. The molecule has 1 amide bonds. The first-order valence-corrected chi connectivity index (χ1v) is 7.59. The fourth-order valence-corrected chi connectivity index (χ4v) is 2.61. The molecule has 0 saturated carbocycles. The topological polar surface area (TPSA) is 41.6 Å². The van der Waals surface area contributed by atoms with Crippen LogP contribution in [0.25, 0.3) is 0 Å². The van der Waals surface area contributed by atoms with Crippen molar-refractivity contribution in [2.75, 3.05) is 20.1 Å². The van der Waals surface area contributed by atoms with Gasteiger partial charge in [-0.1, -0.05) is 12.1 Å². The minimum absolute atomic E-state index is 0.121. The summed E-state index contributed by atoms with van der Waals surface area (Å²) >= 11 is 0. The van der Waals surface area contributed by atoms with Crippen molar-refractivity contribution in [1.29, 1.82) is 0 Å². The molecule has 0 radical (unpaired) electrons. The molecule has 1 fully saturated rings. The van der Waals surface area contributed by atoms with Crippen molar-refractivity contribution < 1.29 is 22.7 Å². The number of piperidine rings is 1. The highest BCUT2D eigenvalue weighted by Gasteiger charge is 2.31. The lowest BCUT2D eigenvalue weighted by atomic mass is 9.98. The van der Waals surface area contributed by atoms with Crippen molar-refractivity contribution in [3.05, 3.63) is 29.8 Å². The van der Waals surface area contributed by atoms with E-state index in [1.165, 1.54) is 18.2 Å². The summed E-state index contributed by atoms with van der Waals surface area (Å²) in [5, 5.41) is 2.98. The SMILES string of the molecule is CC(C(=O)NC1CCN(C)CC1)c1cccc(OC(F)(F)F)c1. The molecule has 2 rings (SSSR count). The Kier molecular flexibility index (Phi) is 5.51. The van der Waals surface area contributed by atoms with Crippen LogP contribution in [0, 0.1) is 0 Å². The average Bonchev–Trinajstić information content (AvgIpc) is 2.47. The van der Waals surface area contributed by atoms with Crippen molar-refractivity contribution >= 4 is 5.91 Å². The fourth-order valence-electron chi connectivity index (χ4n) is 2.61. The maximum atomic E-state index is 12.3. The lowest BCUT2D eigenvalue weighted by Crippen LogP contribution is -2.44. The number of nitrogens with one attached hydrogen (secondary N) is 1. The molecule has 1 N–H and O–H groups in total. The fraction of sp³-hybridized carbons (Fsp3) is 0.562. The van der Waals surface area contributed by atoms with Gasteiger partial charge in [0.1, 0.15) is 5.75 Å². The second kappa shape index (κ2) is 7.21. The molecule has 1 saturated heterocycles. The summed E-state index contributed by atoms with van der Waals surface area (Å²) in [6, 6.07) is 5.68. The number of ether oxygens (including phenoxy) is 1. The Balaban J connectivity index is 1.97. The lowest BCUT2D eigenvalue weighted by molar-refractivity contribution is -0.274. The average molecular weight is 330 g/mol. The second-order valence-corrected chi connectivity index (χ2v) is 5.93. The summed E-state index contributed by atoms with van der Waals surface area (Å²) in [6.07, 6.45) is -2.98. The molecule has 7 heteroatoms. The Labute approximate surface area is 133 Å². The maximum Gasteiger partial charge on any atom is 0.573 e. The summed E-state index contributed by atoms with van der Waals surface area (Å²) in [7, 11) is 2.03. The summed E-state index contributed by atoms with van der Waals surface area (Å²) in [5.74, 6) is -1.02. The molecule has 1 unspecified atom stereocenters. The number of amides is 1. The predicted octanol–water partition coefficient (Wildman–Crippen LogP) is 2.90. The van der Waals surface area contributed by atoms with E-state index in [0.717, 1.165) is 25.9 Å². The predicted molar refractivity (Wildman–Crippen MR) is 80.2 cm³/mol. The third kappa shape index (κ3) is 5.42.